The van der Waals surface area contributed by atoms with Crippen LogP contribution in [0.5, 0.6) is 0 Å². The van der Waals surface area contributed by atoms with E-state index in [2.05, 4.69) is 36.1 Å². The maximum absolute atomic E-state index is 13.0. The largest absolute Gasteiger partial charge is 0.443 e. The fourth-order valence-electron chi connectivity index (χ4n) is 2.22. The first-order valence-electron chi connectivity index (χ1n) is 7.91. The summed E-state index contributed by atoms with van der Waals surface area (Å²) >= 11 is 0. The van der Waals surface area contributed by atoms with Crippen LogP contribution in [0.25, 0.3) is 0 Å². The summed E-state index contributed by atoms with van der Waals surface area (Å²) in [5.41, 5.74) is 0.944. The third kappa shape index (κ3) is 4.81. The minimum Gasteiger partial charge on any atom is -0.443 e. The van der Waals surface area contributed by atoms with Crippen LogP contribution in [-0.4, -0.2) is 29.9 Å². The number of benzene rings is 1. The van der Waals surface area contributed by atoms with Crippen LogP contribution in [0.4, 0.5) is 4.39 Å². The average molecular weight is 332 g/mol. The first kappa shape index (κ1) is 18.0. The summed E-state index contributed by atoms with van der Waals surface area (Å²) in [6.07, 6.45) is 1.77. The lowest BCUT2D eigenvalue weighted by Crippen LogP contribution is -2.38. The van der Waals surface area contributed by atoms with Crippen molar-refractivity contribution in [3.63, 3.8) is 0 Å². The van der Waals surface area contributed by atoms with Crippen molar-refractivity contribution < 1.29 is 8.81 Å². The van der Waals surface area contributed by atoms with Crippen molar-refractivity contribution >= 4 is 5.96 Å². The summed E-state index contributed by atoms with van der Waals surface area (Å²) < 4.78 is 18.7. The van der Waals surface area contributed by atoms with Gasteiger partial charge in [-0.25, -0.2) is 9.37 Å². The molecule has 6 heteroatoms. The van der Waals surface area contributed by atoms with E-state index >= 15 is 0 Å². The van der Waals surface area contributed by atoms with Gasteiger partial charge >= 0.3 is 0 Å². The molecule has 0 saturated heterocycles. The third-order valence-electron chi connectivity index (χ3n) is 3.60. The van der Waals surface area contributed by atoms with Crippen LogP contribution in [0.15, 0.2) is 39.9 Å². The number of hydrogen-bond acceptors (Lipinski definition) is 3. The first-order chi connectivity index (χ1) is 11.3. The molecule has 130 valence electrons. The molecule has 2 rings (SSSR count). The van der Waals surface area contributed by atoms with Crippen LogP contribution >= 0.6 is 0 Å². The van der Waals surface area contributed by atoms with Crippen molar-refractivity contribution in [3.8, 4) is 0 Å². The molecule has 0 spiro atoms. The average Bonchev–Trinajstić information content (AvgIpc) is 2.99. The summed E-state index contributed by atoms with van der Waals surface area (Å²) in [6.45, 7) is 7.33. The molecule has 1 aromatic heterocycles. The van der Waals surface area contributed by atoms with Crippen molar-refractivity contribution in [2.75, 3.05) is 14.1 Å². The molecule has 0 amide bonds. The van der Waals surface area contributed by atoms with Gasteiger partial charge in [-0.1, -0.05) is 32.9 Å². The Morgan fingerprint density at radius 2 is 1.96 bits per heavy atom. The van der Waals surface area contributed by atoms with Crippen molar-refractivity contribution in [1.82, 2.24) is 15.2 Å². The fraction of sp³-hybridized carbons (Fsp3) is 0.444. The summed E-state index contributed by atoms with van der Waals surface area (Å²) in [6, 6.07) is 6.45. The van der Waals surface area contributed by atoms with E-state index in [0.29, 0.717) is 19.0 Å². The van der Waals surface area contributed by atoms with Crippen LogP contribution in [-0.2, 0) is 18.5 Å². The maximum atomic E-state index is 13.0. The Morgan fingerprint density at radius 3 is 2.50 bits per heavy atom. The van der Waals surface area contributed by atoms with Crippen LogP contribution in [0, 0.1) is 5.82 Å². The topological polar surface area (TPSA) is 53.7 Å². The summed E-state index contributed by atoms with van der Waals surface area (Å²) in [7, 11) is 3.65. The molecule has 1 N–H and O–H groups in total. The quantitative estimate of drug-likeness (QED) is 0.689. The highest BCUT2D eigenvalue weighted by molar-refractivity contribution is 5.79. The molecule has 24 heavy (non-hydrogen) atoms. The molecule has 0 unspecified atom stereocenters. The third-order valence-corrected chi connectivity index (χ3v) is 3.60. The predicted octanol–water partition coefficient (Wildman–Crippen LogP) is 3.32. The standard InChI is InChI=1S/C18H25FN4O/c1-18(2,3)15-10-21-16(24-15)11-22-17(20-4)23(5)12-13-6-8-14(19)9-7-13/h6-10H,11-12H2,1-5H3,(H,20,22). The second-order valence-electron chi connectivity index (χ2n) is 6.75. The number of nitrogens with zero attached hydrogens (tertiary/aromatic N) is 3. The SMILES string of the molecule is CN=C(NCc1ncc(C(C)(C)C)o1)N(C)Cc1ccc(F)cc1. The molecule has 1 heterocycles. The van der Waals surface area contributed by atoms with Gasteiger partial charge in [0.05, 0.1) is 12.7 Å². The van der Waals surface area contributed by atoms with Gasteiger partial charge in [-0.2, -0.15) is 0 Å². The van der Waals surface area contributed by atoms with E-state index in [1.54, 1.807) is 25.4 Å². The zero-order chi connectivity index (χ0) is 17.7. The minimum absolute atomic E-state index is 0.0632. The van der Waals surface area contributed by atoms with Gasteiger partial charge in [-0.3, -0.25) is 4.99 Å². The molecule has 5 nitrogen and oxygen atoms in total. The number of nitrogens with one attached hydrogen (secondary N) is 1. The van der Waals surface area contributed by atoms with Gasteiger partial charge in [0.25, 0.3) is 0 Å². The van der Waals surface area contributed by atoms with Gasteiger partial charge in [-0.05, 0) is 17.7 Å². The van der Waals surface area contributed by atoms with Crippen LogP contribution in [0.3, 0.4) is 0 Å². The number of hydrogen-bond donors (Lipinski definition) is 1. The Labute approximate surface area is 142 Å². The fourth-order valence-corrected chi connectivity index (χ4v) is 2.22. The number of aromatic nitrogens is 1. The Hall–Kier alpha value is -2.37. The van der Waals surface area contributed by atoms with E-state index in [0.717, 1.165) is 17.3 Å². The highest BCUT2D eigenvalue weighted by Gasteiger charge is 2.19. The number of aliphatic imine (C=N–C) groups is 1. The highest BCUT2D eigenvalue weighted by Crippen LogP contribution is 2.22. The molecule has 0 aliphatic heterocycles. The van der Waals surface area contributed by atoms with E-state index in [1.807, 2.05) is 11.9 Å². The van der Waals surface area contributed by atoms with E-state index in [4.69, 9.17) is 4.42 Å². The Bertz CT molecular complexity index is 686. The van der Waals surface area contributed by atoms with Crippen molar-refractivity contribution in [1.29, 1.82) is 0 Å². The smallest absolute Gasteiger partial charge is 0.213 e. The van der Waals surface area contributed by atoms with E-state index in [-0.39, 0.29) is 11.2 Å². The molecule has 1 aromatic carbocycles. The molecule has 2 aromatic rings. The number of guanidine groups is 1. The monoisotopic (exact) mass is 332 g/mol. The van der Waals surface area contributed by atoms with Crippen LogP contribution in [0.2, 0.25) is 0 Å². The number of oxazole rings is 1. The molecule has 0 aliphatic rings. The molecule has 0 fully saturated rings. The van der Waals surface area contributed by atoms with Gasteiger partial charge in [0.1, 0.15) is 11.6 Å². The Balaban J connectivity index is 1.94. The predicted molar refractivity (Wildman–Crippen MR) is 93.3 cm³/mol. The lowest BCUT2D eigenvalue weighted by atomic mass is 9.94. The summed E-state index contributed by atoms with van der Waals surface area (Å²) in [5, 5.41) is 3.23. The number of halogens is 1. The van der Waals surface area contributed by atoms with Gasteiger partial charge in [-0.15, -0.1) is 0 Å². The minimum atomic E-state index is -0.234. The lowest BCUT2D eigenvalue weighted by Gasteiger charge is -2.21. The van der Waals surface area contributed by atoms with Crippen molar-refractivity contribution in [2.24, 2.45) is 4.99 Å². The Morgan fingerprint density at radius 1 is 1.29 bits per heavy atom. The normalized spacial score (nSPS) is 12.3. The summed E-state index contributed by atoms with van der Waals surface area (Å²) in [5.74, 6) is 1.96. The van der Waals surface area contributed by atoms with Gasteiger partial charge in [0.2, 0.25) is 5.89 Å². The van der Waals surface area contributed by atoms with Crippen molar-refractivity contribution in [3.05, 3.63) is 53.5 Å². The summed E-state index contributed by atoms with van der Waals surface area (Å²) in [4.78, 5) is 10.5. The van der Waals surface area contributed by atoms with Gasteiger partial charge in [0, 0.05) is 26.1 Å². The van der Waals surface area contributed by atoms with E-state index in [1.165, 1.54) is 12.1 Å². The molecular weight excluding hydrogens is 307 g/mol. The van der Waals surface area contributed by atoms with E-state index in [9.17, 15) is 4.39 Å². The molecule has 0 aliphatic carbocycles. The van der Waals surface area contributed by atoms with Crippen LogP contribution < -0.4 is 5.32 Å². The zero-order valence-electron chi connectivity index (χ0n) is 14.9. The van der Waals surface area contributed by atoms with Gasteiger partial charge in [0.15, 0.2) is 5.96 Å². The molecule has 0 bridgehead atoms. The Kier molecular flexibility index (Phi) is 5.59. The second-order valence-corrected chi connectivity index (χ2v) is 6.75. The highest BCUT2D eigenvalue weighted by atomic mass is 19.1. The molecule has 0 radical (unpaired) electrons. The van der Waals surface area contributed by atoms with Crippen molar-refractivity contribution in [2.45, 2.75) is 39.3 Å². The van der Waals surface area contributed by atoms with Crippen LogP contribution in [0.1, 0.15) is 38.0 Å². The molecule has 0 saturated carbocycles. The first-order valence-corrected chi connectivity index (χ1v) is 7.91. The van der Waals surface area contributed by atoms with E-state index < -0.39 is 0 Å². The van der Waals surface area contributed by atoms with Gasteiger partial charge < -0.3 is 14.6 Å². The molecular formula is C18H25FN4O. The second kappa shape index (κ2) is 7.47. The number of rotatable bonds is 4. The maximum Gasteiger partial charge on any atom is 0.213 e. The lowest BCUT2D eigenvalue weighted by molar-refractivity contribution is 0.376. The molecule has 0 atom stereocenters. The zero-order valence-corrected chi connectivity index (χ0v) is 14.9.